The van der Waals surface area contributed by atoms with Crippen LogP contribution in [0.25, 0.3) is 0 Å². The van der Waals surface area contributed by atoms with Crippen molar-refractivity contribution in [1.82, 2.24) is 0 Å². The van der Waals surface area contributed by atoms with Crippen LogP contribution >= 0.6 is 0 Å². The van der Waals surface area contributed by atoms with Crippen molar-refractivity contribution in [3.8, 4) is 0 Å². The Morgan fingerprint density at radius 3 is 2.28 bits per heavy atom. The van der Waals surface area contributed by atoms with Gasteiger partial charge in [0.2, 0.25) is 0 Å². The van der Waals surface area contributed by atoms with Gasteiger partial charge in [0.05, 0.1) is 0 Å². The molecule has 2 fully saturated rings. The number of hydrogen-bond acceptors (Lipinski definition) is 1. The average molecular weight is 244 g/mol. The van der Waals surface area contributed by atoms with E-state index >= 15 is 0 Å². The summed E-state index contributed by atoms with van der Waals surface area (Å²) in [4.78, 5) is 0. The van der Waals surface area contributed by atoms with Crippen LogP contribution in [0.2, 0.25) is 0 Å². The smallest absolute Gasteiger partial charge is 0.0490 e. The number of rotatable bonds is 4. The molecule has 2 aliphatic rings. The zero-order chi connectivity index (χ0) is 12.8. The average Bonchev–Trinajstić information content (AvgIpc) is 2.98. The lowest BCUT2D eigenvalue weighted by atomic mass is 9.78. The van der Waals surface area contributed by atoms with Gasteiger partial charge in [-0.3, -0.25) is 0 Å². The minimum absolute atomic E-state index is 0.201. The van der Waals surface area contributed by atoms with Crippen LogP contribution < -0.4 is 0 Å². The molecule has 1 aromatic carbocycles. The maximum atomic E-state index is 9.76. The lowest BCUT2D eigenvalue weighted by Crippen LogP contribution is -2.26. The predicted octanol–water partition coefficient (Wildman–Crippen LogP) is 3.76. The SMILES string of the molecule is CC(C)c1ccc(CC2(CO)CC3CC3C2)cc1. The van der Waals surface area contributed by atoms with Crippen molar-refractivity contribution in [2.24, 2.45) is 17.3 Å². The Kier molecular flexibility index (Phi) is 2.97. The van der Waals surface area contributed by atoms with Crippen LogP contribution in [0.4, 0.5) is 0 Å². The van der Waals surface area contributed by atoms with Gasteiger partial charge >= 0.3 is 0 Å². The molecule has 0 bridgehead atoms. The molecule has 98 valence electrons. The first-order valence-electron chi connectivity index (χ1n) is 7.32. The van der Waals surface area contributed by atoms with Crippen LogP contribution in [0.3, 0.4) is 0 Å². The van der Waals surface area contributed by atoms with Crippen LogP contribution in [0, 0.1) is 17.3 Å². The molecule has 0 saturated heterocycles. The molecule has 1 aromatic rings. The van der Waals surface area contributed by atoms with Gasteiger partial charge in [0.15, 0.2) is 0 Å². The first kappa shape index (κ1) is 12.2. The molecule has 0 radical (unpaired) electrons. The van der Waals surface area contributed by atoms with E-state index in [2.05, 4.69) is 38.1 Å². The monoisotopic (exact) mass is 244 g/mol. The number of hydrogen-bond donors (Lipinski definition) is 1. The summed E-state index contributed by atoms with van der Waals surface area (Å²) in [6, 6.07) is 9.02. The first-order chi connectivity index (χ1) is 8.62. The van der Waals surface area contributed by atoms with Gasteiger partial charge in [-0.05, 0) is 60.0 Å². The topological polar surface area (TPSA) is 20.2 Å². The van der Waals surface area contributed by atoms with Crippen LogP contribution in [-0.4, -0.2) is 11.7 Å². The Hall–Kier alpha value is -0.820. The summed E-state index contributed by atoms with van der Waals surface area (Å²) in [7, 11) is 0. The zero-order valence-corrected chi connectivity index (χ0v) is 11.5. The summed E-state index contributed by atoms with van der Waals surface area (Å²) >= 11 is 0. The Labute approximate surface area is 110 Å². The van der Waals surface area contributed by atoms with Gasteiger partial charge in [0.1, 0.15) is 0 Å². The maximum absolute atomic E-state index is 9.76. The number of benzene rings is 1. The standard InChI is InChI=1S/C17H24O/c1-12(2)14-5-3-13(4-6-14)8-17(11-18)9-15-7-16(15)10-17/h3-6,12,15-16,18H,7-11H2,1-2H3. The molecule has 3 rings (SSSR count). The second-order valence-corrected chi connectivity index (χ2v) is 6.90. The van der Waals surface area contributed by atoms with Gasteiger partial charge in [-0.2, -0.15) is 0 Å². The number of fused-ring (bicyclic) bond motifs is 1. The molecule has 1 nitrogen and oxygen atoms in total. The normalized spacial score (nSPS) is 33.8. The summed E-state index contributed by atoms with van der Waals surface area (Å²) in [5.74, 6) is 2.48. The van der Waals surface area contributed by atoms with Crippen molar-refractivity contribution < 1.29 is 5.11 Å². The summed E-state index contributed by atoms with van der Waals surface area (Å²) in [5.41, 5.74) is 3.01. The highest BCUT2D eigenvalue weighted by Crippen LogP contribution is 2.60. The van der Waals surface area contributed by atoms with E-state index in [4.69, 9.17) is 0 Å². The van der Waals surface area contributed by atoms with Crippen molar-refractivity contribution in [2.75, 3.05) is 6.61 Å². The van der Waals surface area contributed by atoms with Crippen LogP contribution in [-0.2, 0) is 6.42 Å². The molecule has 0 aromatic heterocycles. The van der Waals surface area contributed by atoms with Crippen LogP contribution in [0.5, 0.6) is 0 Å². The molecule has 0 spiro atoms. The summed E-state index contributed by atoms with van der Waals surface area (Å²) in [6.07, 6.45) is 4.99. The van der Waals surface area contributed by atoms with Crippen molar-refractivity contribution in [2.45, 2.75) is 45.4 Å². The molecular weight excluding hydrogens is 220 g/mol. The first-order valence-corrected chi connectivity index (χ1v) is 7.32. The second-order valence-electron chi connectivity index (χ2n) is 6.90. The highest BCUT2D eigenvalue weighted by atomic mass is 16.3. The minimum atomic E-state index is 0.201. The lowest BCUT2D eigenvalue weighted by Gasteiger charge is -2.28. The largest absolute Gasteiger partial charge is 0.396 e. The second kappa shape index (κ2) is 4.38. The molecule has 1 N–H and O–H groups in total. The van der Waals surface area contributed by atoms with Gasteiger partial charge in [-0.1, -0.05) is 38.1 Å². The molecule has 18 heavy (non-hydrogen) atoms. The third kappa shape index (κ3) is 2.21. The van der Waals surface area contributed by atoms with E-state index in [9.17, 15) is 5.11 Å². The van der Waals surface area contributed by atoms with Gasteiger partial charge in [-0.25, -0.2) is 0 Å². The van der Waals surface area contributed by atoms with Gasteiger partial charge < -0.3 is 5.11 Å². The summed E-state index contributed by atoms with van der Waals surface area (Å²) in [6.45, 7) is 4.83. The quantitative estimate of drug-likeness (QED) is 0.855. The lowest BCUT2D eigenvalue weighted by molar-refractivity contribution is 0.117. The van der Waals surface area contributed by atoms with E-state index < -0.39 is 0 Å². The van der Waals surface area contributed by atoms with Gasteiger partial charge in [0, 0.05) is 6.61 Å². The highest BCUT2D eigenvalue weighted by Gasteiger charge is 2.53. The molecule has 2 aliphatic carbocycles. The zero-order valence-electron chi connectivity index (χ0n) is 11.5. The number of aliphatic hydroxyl groups excluding tert-OH is 1. The van der Waals surface area contributed by atoms with E-state index in [1.807, 2.05) is 0 Å². The van der Waals surface area contributed by atoms with E-state index in [-0.39, 0.29) is 5.41 Å². The van der Waals surface area contributed by atoms with E-state index in [1.165, 1.54) is 30.4 Å². The molecule has 0 heterocycles. The van der Waals surface area contributed by atoms with Gasteiger partial charge in [-0.15, -0.1) is 0 Å². The molecule has 0 aliphatic heterocycles. The van der Waals surface area contributed by atoms with Crippen molar-refractivity contribution in [3.63, 3.8) is 0 Å². The Bertz CT molecular complexity index is 408. The molecule has 0 amide bonds. The fourth-order valence-corrected chi connectivity index (χ4v) is 3.79. The van der Waals surface area contributed by atoms with Gasteiger partial charge in [0.25, 0.3) is 0 Å². The number of aliphatic hydroxyl groups is 1. The third-order valence-corrected chi connectivity index (χ3v) is 5.02. The Morgan fingerprint density at radius 2 is 1.78 bits per heavy atom. The van der Waals surface area contributed by atoms with Crippen LogP contribution in [0.1, 0.15) is 50.2 Å². The Balaban J connectivity index is 1.71. The molecular formula is C17H24O. The van der Waals surface area contributed by atoms with E-state index in [0.29, 0.717) is 12.5 Å². The minimum Gasteiger partial charge on any atom is -0.396 e. The fourth-order valence-electron chi connectivity index (χ4n) is 3.79. The summed E-state index contributed by atoms with van der Waals surface area (Å²) < 4.78 is 0. The molecule has 2 saturated carbocycles. The fraction of sp³-hybridized carbons (Fsp3) is 0.647. The van der Waals surface area contributed by atoms with Crippen LogP contribution in [0.15, 0.2) is 24.3 Å². The molecule has 2 atom stereocenters. The van der Waals surface area contributed by atoms with Crippen molar-refractivity contribution >= 4 is 0 Å². The van der Waals surface area contributed by atoms with Crippen molar-refractivity contribution in [3.05, 3.63) is 35.4 Å². The molecule has 2 unspecified atom stereocenters. The van der Waals surface area contributed by atoms with Crippen molar-refractivity contribution in [1.29, 1.82) is 0 Å². The Morgan fingerprint density at radius 1 is 1.17 bits per heavy atom. The predicted molar refractivity (Wildman–Crippen MR) is 74.6 cm³/mol. The highest BCUT2D eigenvalue weighted by molar-refractivity contribution is 5.26. The third-order valence-electron chi connectivity index (χ3n) is 5.02. The van der Waals surface area contributed by atoms with E-state index in [0.717, 1.165) is 18.3 Å². The molecule has 1 heteroatoms. The van der Waals surface area contributed by atoms with E-state index in [1.54, 1.807) is 0 Å². The maximum Gasteiger partial charge on any atom is 0.0490 e. The summed E-state index contributed by atoms with van der Waals surface area (Å²) in [5, 5.41) is 9.76.